The molecule has 0 atom stereocenters. The molecule has 126 valence electrons. The van der Waals surface area contributed by atoms with Crippen molar-refractivity contribution in [1.82, 2.24) is 24.7 Å². The molecular weight excluding hydrogens is 322 g/mol. The first kappa shape index (κ1) is 16.6. The van der Waals surface area contributed by atoms with Gasteiger partial charge < -0.3 is 4.74 Å². The Morgan fingerprint density at radius 1 is 1.12 bits per heavy atom. The van der Waals surface area contributed by atoms with Crippen molar-refractivity contribution >= 4 is 28.4 Å². The summed E-state index contributed by atoms with van der Waals surface area (Å²) in [7, 11) is 1.67. The summed E-state index contributed by atoms with van der Waals surface area (Å²) in [6.07, 6.45) is 4.04. The smallest absolute Gasteiger partial charge is 0.235 e. The zero-order chi connectivity index (χ0) is 16.9. The summed E-state index contributed by atoms with van der Waals surface area (Å²) in [5, 5.41) is 14.0. The Labute approximate surface area is 145 Å². The summed E-state index contributed by atoms with van der Waals surface area (Å²) >= 11 is 1.54. The topological polar surface area (TPSA) is 55.5 Å². The van der Waals surface area contributed by atoms with Crippen molar-refractivity contribution in [3.05, 3.63) is 40.7 Å². The van der Waals surface area contributed by atoms with Gasteiger partial charge in [0.05, 0.1) is 13.7 Å². The lowest BCUT2D eigenvalue weighted by atomic mass is 10.2. The highest BCUT2D eigenvalue weighted by Crippen LogP contribution is 2.18. The fourth-order valence-electron chi connectivity index (χ4n) is 2.37. The van der Waals surface area contributed by atoms with Gasteiger partial charge in [-0.3, -0.25) is 4.90 Å². The minimum absolute atomic E-state index is 0.763. The number of ether oxygens (including phenoxy) is 1. The summed E-state index contributed by atoms with van der Waals surface area (Å²) in [6.45, 7) is 7.02. The van der Waals surface area contributed by atoms with E-state index in [2.05, 4.69) is 34.0 Å². The van der Waals surface area contributed by atoms with Crippen LogP contribution in [0.5, 0.6) is 5.75 Å². The van der Waals surface area contributed by atoms with Gasteiger partial charge in [-0.15, -0.1) is 10.2 Å². The third kappa shape index (κ3) is 3.63. The Morgan fingerprint density at radius 3 is 2.54 bits per heavy atom. The van der Waals surface area contributed by atoms with Gasteiger partial charge in [-0.05, 0) is 36.9 Å². The van der Waals surface area contributed by atoms with E-state index in [4.69, 9.17) is 4.74 Å². The molecule has 0 N–H and O–H groups in total. The van der Waals surface area contributed by atoms with Crippen molar-refractivity contribution in [2.45, 2.75) is 20.4 Å². The molecule has 0 bridgehead atoms. The number of hydrogen-bond donors (Lipinski definition) is 0. The first-order valence-electron chi connectivity index (χ1n) is 7.99. The molecule has 0 aliphatic heterocycles. The molecule has 0 radical (unpaired) electrons. The van der Waals surface area contributed by atoms with Gasteiger partial charge in [0.1, 0.15) is 10.8 Å². The molecule has 0 amide bonds. The van der Waals surface area contributed by atoms with Crippen molar-refractivity contribution in [3.8, 4) is 5.75 Å². The molecule has 0 saturated heterocycles. The van der Waals surface area contributed by atoms with Crippen LogP contribution < -0.4 is 4.74 Å². The van der Waals surface area contributed by atoms with E-state index in [1.807, 2.05) is 40.9 Å². The molecule has 0 unspecified atom stereocenters. The standard InChI is InChI=1S/C17H21N5OS/c1-4-21(5-2)12-15-18-19-17-22(15)20-16(24-17)11-8-13-6-9-14(23-3)10-7-13/h6-11H,4-5,12H2,1-3H3/b11-8-. The summed E-state index contributed by atoms with van der Waals surface area (Å²) in [5.74, 6) is 1.74. The van der Waals surface area contributed by atoms with Crippen LogP contribution in [0.4, 0.5) is 0 Å². The van der Waals surface area contributed by atoms with E-state index in [1.54, 1.807) is 7.11 Å². The molecule has 7 heteroatoms. The van der Waals surface area contributed by atoms with Crippen molar-refractivity contribution in [2.75, 3.05) is 20.2 Å². The number of nitrogens with zero attached hydrogens (tertiary/aromatic N) is 5. The van der Waals surface area contributed by atoms with Crippen LogP contribution in [0.1, 0.15) is 30.2 Å². The quantitative estimate of drug-likeness (QED) is 0.659. The number of aromatic nitrogens is 4. The van der Waals surface area contributed by atoms with Crippen LogP contribution in [0.15, 0.2) is 24.3 Å². The van der Waals surface area contributed by atoms with Crippen LogP contribution in [0.2, 0.25) is 0 Å². The summed E-state index contributed by atoms with van der Waals surface area (Å²) in [6, 6.07) is 7.92. The van der Waals surface area contributed by atoms with Crippen LogP contribution in [0.25, 0.3) is 17.1 Å². The second-order valence-electron chi connectivity index (χ2n) is 5.32. The Bertz CT molecular complexity index is 817. The first-order valence-corrected chi connectivity index (χ1v) is 8.80. The highest BCUT2D eigenvalue weighted by atomic mass is 32.1. The minimum atomic E-state index is 0.763. The lowest BCUT2D eigenvalue weighted by molar-refractivity contribution is 0.286. The monoisotopic (exact) mass is 343 g/mol. The van der Waals surface area contributed by atoms with E-state index < -0.39 is 0 Å². The van der Waals surface area contributed by atoms with Crippen LogP contribution in [0, 0.1) is 0 Å². The van der Waals surface area contributed by atoms with Gasteiger partial charge in [0.15, 0.2) is 5.82 Å². The summed E-state index contributed by atoms with van der Waals surface area (Å²) < 4.78 is 7.01. The lowest BCUT2D eigenvalue weighted by Gasteiger charge is -2.15. The number of benzene rings is 1. The molecule has 24 heavy (non-hydrogen) atoms. The third-order valence-electron chi connectivity index (χ3n) is 3.86. The molecule has 0 fully saturated rings. The molecule has 2 aromatic heterocycles. The second-order valence-corrected chi connectivity index (χ2v) is 6.31. The lowest BCUT2D eigenvalue weighted by Crippen LogP contribution is -2.23. The number of rotatable bonds is 7. The predicted molar refractivity (Wildman–Crippen MR) is 97.2 cm³/mol. The Hall–Kier alpha value is -2.25. The Balaban J connectivity index is 1.77. The van der Waals surface area contributed by atoms with Crippen molar-refractivity contribution in [1.29, 1.82) is 0 Å². The van der Waals surface area contributed by atoms with E-state index in [0.29, 0.717) is 0 Å². The highest BCUT2D eigenvalue weighted by molar-refractivity contribution is 7.17. The molecule has 3 rings (SSSR count). The van der Waals surface area contributed by atoms with Gasteiger partial charge in [-0.2, -0.15) is 9.61 Å². The van der Waals surface area contributed by atoms with Crippen molar-refractivity contribution < 1.29 is 4.74 Å². The number of fused-ring (bicyclic) bond motifs is 1. The summed E-state index contributed by atoms with van der Waals surface area (Å²) in [4.78, 5) is 3.12. The van der Waals surface area contributed by atoms with Gasteiger partial charge in [0.2, 0.25) is 4.96 Å². The predicted octanol–water partition coefficient (Wildman–Crippen LogP) is 3.21. The Kier molecular flexibility index (Phi) is 5.22. The van der Waals surface area contributed by atoms with Crippen molar-refractivity contribution in [3.63, 3.8) is 0 Å². The Morgan fingerprint density at radius 2 is 1.88 bits per heavy atom. The van der Waals surface area contributed by atoms with Gasteiger partial charge >= 0.3 is 0 Å². The molecule has 0 saturated carbocycles. The average Bonchev–Trinajstić information content (AvgIpc) is 3.19. The first-order chi connectivity index (χ1) is 11.7. The average molecular weight is 343 g/mol. The third-order valence-corrected chi connectivity index (χ3v) is 4.73. The molecule has 3 aromatic rings. The van der Waals surface area contributed by atoms with Crippen LogP contribution in [-0.2, 0) is 6.54 Å². The van der Waals surface area contributed by atoms with E-state index in [-0.39, 0.29) is 0 Å². The minimum Gasteiger partial charge on any atom is -0.497 e. The second kappa shape index (κ2) is 7.55. The van der Waals surface area contributed by atoms with E-state index in [1.165, 1.54) is 11.3 Å². The maximum absolute atomic E-state index is 5.17. The molecule has 0 aliphatic carbocycles. The molecule has 0 aliphatic rings. The van der Waals surface area contributed by atoms with E-state index in [9.17, 15) is 0 Å². The molecule has 1 aromatic carbocycles. The number of methoxy groups -OCH3 is 1. The van der Waals surface area contributed by atoms with E-state index in [0.717, 1.165) is 46.7 Å². The number of hydrogen-bond acceptors (Lipinski definition) is 6. The van der Waals surface area contributed by atoms with Crippen LogP contribution in [-0.4, -0.2) is 44.9 Å². The molecule has 2 heterocycles. The zero-order valence-electron chi connectivity index (χ0n) is 14.1. The molecule has 6 nitrogen and oxygen atoms in total. The van der Waals surface area contributed by atoms with Crippen LogP contribution >= 0.6 is 11.3 Å². The fourth-order valence-corrected chi connectivity index (χ4v) is 3.13. The fraction of sp³-hybridized carbons (Fsp3) is 0.353. The van der Waals surface area contributed by atoms with Gasteiger partial charge in [0.25, 0.3) is 0 Å². The molecular formula is C17H21N5OS. The van der Waals surface area contributed by atoms with Gasteiger partial charge in [-0.25, -0.2) is 0 Å². The normalized spacial score (nSPS) is 11.8. The van der Waals surface area contributed by atoms with Crippen LogP contribution in [0.3, 0.4) is 0 Å². The van der Waals surface area contributed by atoms with E-state index >= 15 is 0 Å². The SMILES string of the molecule is CCN(CC)Cc1nnc2sc(/C=C\c3ccc(OC)cc3)nn12. The highest BCUT2D eigenvalue weighted by Gasteiger charge is 2.12. The summed E-state index contributed by atoms with van der Waals surface area (Å²) in [5.41, 5.74) is 1.10. The van der Waals surface area contributed by atoms with Crippen molar-refractivity contribution in [2.24, 2.45) is 0 Å². The molecule has 0 spiro atoms. The van der Waals surface area contributed by atoms with Gasteiger partial charge in [-0.1, -0.05) is 43.4 Å². The maximum Gasteiger partial charge on any atom is 0.235 e. The zero-order valence-corrected chi connectivity index (χ0v) is 15.0. The largest absolute Gasteiger partial charge is 0.497 e. The maximum atomic E-state index is 5.17. The van der Waals surface area contributed by atoms with Gasteiger partial charge in [0, 0.05) is 0 Å².